The lowest BCUT2D eigenvalue weighted by Gasteiger charge is -2.38. The van der Waals surface area contributed by atoms with Gasteiger partial charge in [0.1, 0.15) is 0 Å². The second kappa shape index (κ2) is 6.18. The summed E-state index contributed by atoms with van der Waals surface area (Å²) in [6.07, 6.45) is 4.55. The summed E-state index contributed by atoms with van der Waals surface area (Å²) >= 11 is 0. The van der Waals surface area contributed by atoms with Gasteiger partial charge in [0.15, 0.2) is 0 Å². The van der Waals surface area contributed by atoms with Crippen molar-refractivity contribution >= 4 is 11.8 Å². The van der Waals surface area contributed by atoms with E-state index in [1.165, 1.54) is 6.08 Å². The Morgan fingerprint density at radius 2 is 1.81 bits per heavy atom. The third kappa shape index (κ3) is 3.46. The maximum absolute atomic E-state index is 12.7. The molecule has 0 radical (unpaired) electrons. The number of piperidine rings is 1. The minimum absolute atomic E-state index is 0.0261. The Bertz CT molecular complexity index is 420. The molecule has 118 valence electrons. The third-order valence-corrected chi connectivity index (χ3v) is 4.68. The maximum Gasteiger partial charge on any atom is 0.245 e. The van der Waals surface area contributed by atoms with Crippen LogP contribution in [0.1, 0.15) is 39.5 Å². The molecular formula is C16H26N2O3. The Morgan fingerprint density at radius 1 is 1.19 bits per heavy atom. The van der Waals surface area contributed by atoms with Crippen molar-refractivity contribution in [2.24, 2.45) is 5.92 Å². The van der Waals surface area contributed by atoms with Crippen LogP contribution in [0.2, 0.25) is 0 Å². The largest absolute Gasteiger partial charge is 0.388 e. The van der Waals surface area contributed by atoms with Crippen LogP contribution >= 0.6 is 0 Å². The third-order valence-electron chi connectivity index (χ3n) is 4.68. The van der Waals surface area contributed by atoms with E-state index < -0.39 is 5.60 Å². The van der Waals surface area contributed by atoms with E-state index in [1.807, 2.05) is 4.90 Å². The van der Waals surface area contributed by atoms with Crippen molar-refractivity contribution in [3.05, 3.63) is 12.7 Å². The monoisotopic (exact) mass is 294 g/mol. The van der Waals surface area contributed by atoms with E-state index in [2.05, 4.69) is 6.58 Å². The summed E-state index contributed by atoms with van der Waals surface area (Å²) in [4.78, 5) is 27.9. The summed E-state index contributed by atoms with van der Waals surface area (Å²) < 4.78 is 0. The van der Waals surface area contributed by atoms with Gasteiger partial charge in [-0.15, -0.1) is 0 Å². The number of carbonyl (C=O) groups is 2. The first-order valence-corrected chi connectivity index (χ1v) is 7.78. The van der Waals surface area contributed by atoms with Crippen LogP contribution in [0.3, 0.4) is 0 Å². The van der Waals surface area contributed by atoms with Crippen molar-refractivity contribution in [1.82, 2.24) is 9.80 Å². The van der Waals surface area contributed by atoms with Gasteiger partial charge >= 0.3 is 0 Å². The summed E-state index contributed by atoms with van der Waals surface area (Å²) in [5, 5.41) is 10.2. The summed E-state index contributed by atoms with van der Waals surface area (Å²) in [5.74, 6) is 0.0589. The number of hydrogen-bond donors (Lipinski definition) is 1. The molecule has 0 bridgehead atoms. The molecule has 1 unspecified atom stereocenters. The Hall–Kier alpha value is -1.36. The fourth-order valence-corrected chi connectivity index (χ4v) is 3.48. The van der Waals surface area contributed by atoms with E-state index >= 15 is 0 Å². The average molecular weight is 294 g/mol. The first kappa shape index (κ1) is 16.0. The molecule has 2 heterocycles. The molecule has 0 spiro atoms. The fraction of sp³-hybridized carbons (Fsp3) is 0.750. The summed E-state index contributed by atoms with van der Waals surface area (Å²) in [7, 11) is 0. The van der Waals surface area contributed by atoms with E-state index in [4.69, 9.17) is 0 Å². The zero-order valence-electron chi connectivity index (χ0n) is 13.0. The van der Waals surface area contributed by atoms with Crippen LogP contribution in [0.4, 0.5) is 0 Å². The zero-order valence-corrected chi connectivity index (χ0v) is 13.0. The van der Waals surface area contributed by atoms with Crippen molar-refractivity contribution in [2.45, 2.75) is 51.2 Å². The molecule has 1 atom stereocenters. The smallest absolute Gasteiger partial charge is 0.245 e. The van der Waals surface area contributed by atoms with Crippen LogP contribution in [-0.2, 0) is 9.59 Å². The molecular weight excluding hydrogens is 268 g/mol. The molecule has 0 aromatic heterocycles. The molecule has 2 aliphatic heterocycles. The number of hydrogen-bond acceptors (Lipinski definition) is 3. The van der Waals surface area contributed by atoms with Crippen LogP contribution in [0.15, 0.2) is 12.7 Å². The highest BCUT2D eigenvalue weighted by Gasteiger charge is 2.41. The van der Waals surface area contributed by atoms with Gasteiger partial charge in [0.25, 0.3) is 0 Å². The molecule has 5 nitrogen and oxygen atoms in total. The molecule has 21 heavy (non-hydrogen) atoms. The number of rotatable bonds is 3. The highest BCUT2D eigenvalue weighted by molar-refractivity contribution is 5.87. The SMILES string of the molecule is C=CC(=O)N1CCC(C(=O)N2CCCC2C(C)(C)O)CC1. The molecule has 0 aromatic rings. The van der Waals surface area contributed by atoms with Crippen LogP contribution in [0.25, 0.3) is 0 Å². The fourth-order valence-electron chi connectivity index (χ4n) is 3.48. The topological polar surface area (TPSA) is 60.9 Å². The molecule has 0 aliphatic carbocycles. The van der Waals surface area contributed by atoms with Gasteiger partial charge < -0.3 is 14.9 Å². The highest BCUT2D eigenvalue weighted by atomic mass is 16.3. The second-order valence-corrected chi connectivity index (χ2v) is 6.65. The van der Waals surface area contributed by atoms with Crippen molar-refractivity contribution in [2.75, 3.05) is 19.6 Å². The molecule has 2 saturated heterocycles. The van der Waals surface area contributed by atoms with E-state index in [9.17, 15) is 14.7 Å². The summed E-state index contributed by atoms with van der Waals surface area (Å²) in [5.41, 5.74) is -0.855. The molecule has 2 rings (SSSR count). The van der Waals surface area contributed by atoms with Crippen LogP contribution < -0.4 is 0 Å². The Morgan fingerprint density at radius 3 is 2.33 bits per heavy atom. The normalized spacial score (nSPS) is 24.2. The molecule has 2 fully saturated rings. The molecule has 2 aliphatic rings. The van der Waals surface area contributed by atoms with Gasteiger partial charge in [-0.25, -0.2) is 0 Å². The lowest BCUT2D eigenvalue weighted by atomic mass is 9.92. The van der Waals surface area contributed by atoms with E-state index in [0.717, 1.165) is 19.4 Å². The van der Waals surface area contributed by atoms with Gasteiger partial charge in [-0.2, -0.15) is 0 Å². The number of nitrogens with zero attached hydrogens (tertiary/aromatic N) is 2. The van der Waals surface area contributed by atoms with Gasteiger partial charge in [0, 0.05) is 25.6 Å². The molecule has 1 N–H and O–H groups in total. The van der Waals surface area contributed by atoms with Crippen LogP contribution in [0.5, 0.6) is 0 Å². The second-order valence-electron chi connectivity index (χ2n) is 6.65. The Balaban J connectivity index is 1.96. The predicted molar refractivity (Wildman–Crippen MR) is 80.5 cm³/mol. The predicted octanol–water partition coefficient (Wildman–Crippen LogP) is 1.17. The number of carbonyl (C=O) groups excluding carboxylic acids is 2. The first-order valence-electron chi connectivity index (χ1n) is 7.78. The lowest BCUT2D eigenvalue weighted by molar-refractivity contribution is -0.144. The number of aliphatic hydroxyl groups is 1. The van der Waals surface area contributed by atoms with Crippen LogP contribution in [0, 0.1) is 5.92 Å². The number of likely N-dealkylation sites (tertiary alicyclic amines) is 2. The van der Waals surface area contributed by atoms with Crippen molar-refractivity contribution in [3.8, 4) is 0 Å². The van der Waals surface area contributed by atoms with Crippen molar-refractivity contribution in [3.63, 3.8) is 0 Å². The van der Waals surface area contributed by atoms with Gasteiger partial charge in [-0.1, -0.05) is 6.58 Å². The summed E-state index contributed by atoms with van der Waals surface area (Å²) in [6.45, 7) is 9.00. The standard InChI is InChI=1S/C16H26N2O3/c1-4-14(19)17-10-7-12(8-11-17)15(20)18-9-5-6-13(18)16(2,3)21/h4,12-13,21H,1,5-11H2,2-3H3. The first-order chi connectivity index (χ1) is 9.84. The van der Waals surface area contributed by atoms with Gasteiger partial charge in [0.2, 0.25) is 11.8 Å². The van der Waals surface area contributed by atoms with E-state index in [1.54, 1.807) is 18.7 Å². The molecule has 5 heteroatoms. The quantitative estimate of drug-likeness (QED) is 0.795. The number of amides is 2. The zero-order chi connectivity index (χ0) is 15.6. The van der Waals surface area contributed by atoms with Gasteiger partial charge in [-0.3, -0.25) is 9.59 Å². The highest BCUT2D eigenvalue weighted by Crippen LogP contribution is 2.30. The van der Waals surface area contributed by atoms with Crippen molar-refractivity contribution < 1.29 is 14.7 Å². The minimum atomic E-state index is -0.855. The van der Waals surface area contributed by atoms with E-state index in [-0.39, 0.29) is 23.8 Å². The average Bonchev–Trinajstić information content (AvgIpc) is 2.95. The van der Waals surface area contributed by atoms with Crippen LogP contribution in [-0.4, -0.2) is 58.0 Å². The Labute approximate surface area is 126 Å². The van der Waals surface area contributed by atoms with Crippen molar-refractivity contribution in [1.29, 1.82) is 0 Å². The molecule has 0 aromatic carbocycles. The molecule has 2 amide bonds. The van der Waals surface area contributed by atoms with Gasteiger partial charge in [0.05, 0.1) is 11.6 Å². The lowest BCUT2D eigenvalue weighted by Crippen LogP contribution is -2.51. The summed E-state index contributed by atoms with van der Waals surface area (Å²) in [6, 6.07) is -0.0853. The minimum Gasteiger partial charge on any atom is -0.388 e. The van der Waals surface area contributed by atoms with E-state index in [0.29, 0.717) is 25.9 Å². The maximum atomic E-state index is 12.7. The van der Waals surface area contributed by atoms with Gasteiger partial charge in [-0.05, 0) is 45.6 Å². The molecule has 0 saturated carbocycles. The Kier molecular flexibility index (Phi) is 4.71.